The minimum absolute atomic E-state index is 0.0947. The zero-order chi connectivity index (χ0) is 17.2. The lowest BCUT2D eigenvalue weighted by molar-refractivity contribution is -0.133. The number of benzene rings is 1. The largest absolute Gasteiger partial charge is 0.339 e. The molecule has 0 N–H and O–H groups in total. The van der Waals surface area contributed by atoms with Gasteiger partial charge in [-0.3, -0.25) is 14.3 Å². The number of aromatic nitrogens is 5. The van der Waals surface area contributed by atoms with Crippen molar-refractivity contribution in [2.24, 2.45) is 0 Å². The lowest BCUT2D eigenvalue weighted by Crippen LogP contribution is -2.43. The first-order chi connectivity index (χ1) is 12.2. The van der Waals surface area contributed by atoms with Gasteiger partial charge in [-0.05, 0) is 31.0 Å². The fraction of sp³-hybridized carbons (Fsp3) is 0.353. The van der Waals surface area contributed by atoms with Crippen LogP contribution in [0.1, 0.15) is 18.9 Å². The van der Waals surface area contributed by atoms with E-state index in [1.165, 1.54) is 0 Å². The highest BCUT2D eigenvalue weighted by Crippen LogP contribution is 2.20. The summed E-state index contributed by atoms with van der Waals surface area (Å²) in [7, 11) is 0. The summed E-state index contributed by atoms with van der Waals surface area (Å²) in [4.78, 5) is 26.9. The Kier molecular flexibility index (Phi) is 4.01. The van der Waals surface area contributed by atoms with Gasteiger partial charge in [-0.1, -0.05) is 17.3 Å². The molecule has 128 valence electrons. The number of rotatable bonds is 3. The van der Waals surface area contributed by atoms with Crippen molar-refractivity contribution in [1.82, 2.24) is 29.7 Å². The average molecular weight is 338 g/mol. The third-order valence-electron chi connectivity index (χ3n) is 4.56. The molecular weight excluding hydrogens is 320 g/mol. The van der Waals surface area contributed by atoms with Gasteiger partial charge >= 0.3 is 0 Å². The first kappa shape index (κ1) is 15.5. The minimum Gasteiger partial charge on any atom is -0.339 e. The van der Waals surface area contributed by atoms with Crippen LogP contribution in [0.4, 0.5) is 0 Å². The summed E-state index contributed by atoms with van der Waals surface area (Å²) in [6.07, 6.45) is 5.55. The molecule has 8 nitrogen and oxygen atoms in total. The minimum atomic E-state index is -0.292. The summed E-state index contributed by atoms with van der Waals surface area (Å²) in [5, 5.41) is 12.7. The third kappa shape index (κ3) is 3.02. The second kappa shape index (κ2) is 6.46. The third-order valence-corrected chi connectivity index (χ3v) is 4.56. The molecule has 4 rings (SSSR count). The predicted octanol–water partition coefficient (Wildman–Crippen LogP) is 0.852. The van der Waals surface area contributed by atoms with E-state index in [0.717, 1.165) is 17.5 Å². The summed E-state index contributed by atoms with van der Waals surface area (Å²) in [5.41, 5.74) is 0.243. The maximum Gasteiger partial charge on any atom is 0.278 e. The summed E-state index contributed by atoms with van der Waals surface area (Å²) >= 11 is 0. The number of likely N-dealkylation sites (tertiary alicyclic amines) is 1. The van der Waals surface area contributed by atoms with Crippen LogP contribution in [-0.2, 0) is 11.3 Å². The molecule has 1 aliphatic heterocycles. The molecule has 1 saturated heterocycles. The molecule has 1 aromatic carbocycles. The SMILES string of the molecule is O=C(Cn1nnc2ccccc2c1=O)N1CCCC(n2cccn2)C1. The quantitative estimate of drug-likeness (QED) is 0.707. The highest BCUT2D eigenvalue weighted by Gasteiger charge is 2.25. The molecule has 1 fully saturated rings. The second-order valence-corrected chi connectivity index (χ2v) is 6.19. The molecule has 2 aromatic heterocycles. The molecule has 1 aliphatic rings. The van der Waals surface area contributed by atoms with E-state index in [4.69, 9.17) is 0 Å². The van der Waals surface area contributed by atoms with Crippen LogP contribution in [0.5, 0.6) is 0 Å². The Hall–Kier alpha value is -3.03. The maximum atomic E-state index is 12.6. The molecule has 8 heteroatoms. The number of piperidine rings is 1. The lowest BCUT2D eigenvalue weighted by atomic mass is 10.1. The Morgan fingerprint density at radius 2 is 2.12 bits per heavy atom. The van der Waals surface area contributed by atoms with Crippen LogP contribution >= 0.6 is 0 Å². The zero-order valence-corrected chi connectivity index (χ0v) is 13.7. The monoisotopic (exact) mass is 338 g/mol. The van der Waals surface area contributed by atoms with Crippen LogP contribution < -0.4 is 5.56 Å². The number of fused-ring (bicyclic) bond motifs is 1. The Labute approximate surface area is 143 Å². The number of hydrogen-bond acceptors (Lipinski definition) is 5. The van der Waals surface area contributed by atoms with Crippen LogP contribution in [0.2, 0.25) is 0 Å². The fourth-order valence-electron chi connectivity index (χ4n) is 3.25. The Morgan fingerprint density at radius 3 is 2.96 bits per heavy atom. The van der Waals surface area contributed by atoms with Crippen molar-refractivity contribution in [2.75, 3.05) is 13.1 Å². The normalized spacial score (nSPS) is 17.8. The summed E-state index contributed by atoms with van der Waals surface area (Å²) < 4.78 is 3.03. The van der Waals surface area contributed by atoms with Crippen molar-refractivity contribution < 1.29 is 4.79 Å². The molecule has 0 radical (unpaired) electrons. The molecule has 0 saturated carbocycles. The van der Waals surface area contributed by atoms with Gasteiger partial charge in [0.25, 0.3) is 5.56 Å². The van der Waals surface area contributed by atoms with Gasteiger partial charge in [0.05, 0.1) is 11.4 Å². The molecule has 3 heterocycles. The van der Waals surface area contributed by atoms with Gasteiger partial charge < -0.3 is 4.90 Å². The highest BCUT2D eigenvalue weighted by atomic mass is 16.2. The van der Waals surface area contributed by atoms with Gasteiger partial charge in [-0.15, -0.1) is 5.10 Å². The van der Waals surface area contributed by atoms with Crippen molar-refractivity contribution in [1.29, 1.82) is 0 Å². The summed E-state index contributed by atoms with van der Waals surface area (Å²) in [6.45, 7) is 1.19. The number of carbonyl (C=O) groups is 1. The van der Waals surface area contributed by atoms with Crippen LogP contribution in [-0.4, -0.2) is 48.7 Å². The molecule has 1 unspecified atom stereocenters. The molecule has 0 aliphatic carbocycles. The number of hydrogen-bond donors (Lipinski definition) is 0. The molecule has 3 aromatic rings. The van der Waals surface area contributed by atoms with Gasteiger partial charge in [0.2, 0.25) is 5.91 Å². The number of nitrogens with zero attached hydrogens (tertiary/aromatic N) is 6. The van der Waals surface area contributed by atoms with Crippen molar-refractivity contribution in [3.05, 3.63) is 53.1 Å². The van der Waals surface area contributed by atoms with Crippen molar-refractivity contribution in [2.45, 2.75) is 25.4 Å². The topological polar surface area (TPSA) is 85.9 Å². The van der Waals surface area contributed by atoms with Crippen LogP contribution in [0.15, 0.2) is 47.5 Å². The van der Waals surface area contributed by atoms with E-state index in [9.17, 15) is 9.59 Å². The van der Waals surface area contributed by atoms with Crippen LogP contribution in [0.25, 0.3) is 10.9 Å². The number of amides is 1. The van der Waals surface area contributed by atoms with E-state index in [-0.39, 0.29) is 24.1 Å². The number of carbonyl (C=O) groups excluding carboxylic acids is 1. The first-order valence-electron chi connectivity index (χ1n) is 8.32. The lowest BCUT2D eigenvalue weighted by Gasteiger charge is -2.32. The van der Waals surface area contributed by atoms with Crippen molar-refractivity contribution in [3.8, 4) is 0 Å². The molecule has 0 bridgehead atoms. The molecular formula is C17H18N6O2. The van der Waals surface area contributed by atoms with Crippen molar-refractivity contribution in [3.63, 3.8) is 0 Å². The van der Waals surface area contributed by atoms with Gasteiger partial charge in [0, 0.05) is 25.5 Å². The van der Waals surface area contributed by atoms with Crippen LogP contribution in [0.3, 0.4) is 0 Å². The van der Waals surface area contributed by atoms with Crippen LogP contribution in [0, 0.1) is 0 Å². The average Bonchev–Trinajstić information content (AvgIpc) is 3.19. The molecule has 1 atom stereocenters. The van der Waals surface area contributed by atoms with Gasteiger partial charge in [-0.2, -0.15) is 5.10 Å². The van der Waals surface area contributed by atoms with Gasteiger partial charge in [0.15, 0.2) is 0 Å². The van der Waals surface area contributed by atoms with Gasteiger partial charge in [-0.25, -0.2) is 4.68 Å². The van der Waals surface area contributed by atoms with E-state index in [1.54, 1.807) is 35.4 Å². The predicted molar refractivity (Wildman–Crippen MR) is 90.9 cm³/mol. The smallest absolute Gasteiger partial charge is 0.278 e. The van der Waals surface area contributed by atoms with E-state index in [0.29, 0.717) is 24.0 Å². The Balaban J connectivity index is 1.52. The molecule has 0 spiro atoms. The summed E-state index contributed by atoms with van der Waals surface area (Å²) in [5.74, 6) is -0.122. The maximum absolute atomic E-state index is 12.6. The summed E-state index contributed by atoms with van der Waals surface area (Å²) in [6, 6.07) is 9.06. The molecule has 25 heavy (non-hydrogen) atoms. The Bertz CT molecular complexity index is 949. The Morgan fingerprint density at radius 1 is 1.24 bits per heavy atom. The standard InChI is InChI=1S/C17H18N6O2/c24-16(21-9-3-5-13(11-21)22-10-4-8-18-22)12-23-17(25)14-6-1-2-7-15(14)19-20-23/h1-2,4,6-8,10,13H,3,5,9,11-12H2. The highest BCUT2D eigenvalue weighted by molar-refractivity contribution is 5.78. The fourth-order valence-corrected chi connectivity index (χ4v) is 3.25. The molecule has 1 amide bonds. The zero-order valence-electron chi connectivity index (χ0n) is 13.7. The van der Waals surface area contributed by atoms with E-state index in [1.807, 2.05) is 16.9 Å². The van der Waals surface area contributed by atoms with E-state index >= 15 is 0 Å². The van der Waals surface area contributed by atoms with E-state index < -0.39 is 0 Å². The van der Waals surface area contributed by atoms with Crippen molar-refractivity contribution >= 4 is 16.8 Å². The van der Waals surface area contributed by atoms with Gasteiger partial charge in [0.1, 0.15) is 12.1 Å². The second-order valence-electron chi connectivity index (χ2n) is 6.19. The first-order valence-corrected chi connectivity index (χ1v) is 8.32. The van der Waals surface area contributed by atoms with E-state index in [2.05, 4.69) is 15.4 Å².